The van der Waals surface area contributed by atoms with Crippen LogP contribution in [0.25, 0.3) is 11.1 Å². The normalized spacial score (nSPS) is 11.6. The van der Waals surface area contributed by atoms with Crippen molar-refractivity contribution in [1.82, 2.24) is 4.98 Å². The topological polar surface area (TPSA) is 12.9 Å². The predicted molar refractivity (Wildman–Crippen MR) is 71.1 cm³/mol. The molecule has 0 spiro atoms. The molecule has 2 aromatic rings. The smallest absolute Gasteiger partial charge is 0.264 e. The van der Waals surface area contributed by atoms with Gasteiger partial charge in [0, 0.05) is 22.9 Å². The van der Waals surface area contributed by atoms with Gasteiger partial charge >= 0.3 is 6.18 Å². The molecule has 0 aliphatic heterocycles. The highest BCUT2D eigenvalue weighted by Crippen LogP contribution is 2.33. The Labute approximate surface area is 113 Å². The lowest BCUT2D eigenvalue weighted by atomic mass is 10.1. The minimum absolute atomic E-state index is 0.634. The van der Waals surface area contributed by atoms with Crippen LogP contribution >= 0.6 is 11.8 Å². The first-order valence-corrected chi connectivity index (χ1v) is 6.75. The number of pyridine rings is 1. The Bertz CT molecular complexity index is 549. The number of hydrogen-bond acceptors (Lipinski definition) is 2. The summed E-state index contributed by atoms with van der Waals surface area (Å²) in [6, 6.07) is 7.05. The van der Waals surface area contributed by atoms with E-state index >= 15 is 0 Å². The van der Waals surface area contributed by atoms with Crippen molar-refractivity contribution in [3.8, 4) is 11.1 Å². The maximum Gasteiger partial charge on any atom is 0.416 e. The third-order valence-electron chi connectivity index (χ3n) is 2.60. The van der Waals surface area contributed by atoms with Gasteiger partial charge in [-0.05, 0) is 29.5 Å². The van der Waals surface area contributed by atoms with Gasteiger partial charge in [-0.25, -0.2) is 0 Å². The van der Waals surface area contributed by atoms with E-state index in [1.807, 2.05) is 13.0 Å². The van der Waals surface area contributed by atoms with Gasteiger partial charge in [-0.2, -0.15) is 13.2 Å². The van der Waals surface area contributed by atoms with E-state index < -0.39 is 11.7 Å². The second kappa shape index (κ2) is 5.65. The van der Waals surface area contributed by atoms with Crippen molar-refractivity contribution in [2.45, 2.75) is 18.0 Å². The summed E-state index contributed by atoms with van der Waals surface area (Å²) in [6.45, 7) is 2.03. The molecule has 0 fully saturated rings. The standard InChI is InChI=1S/C14H12F3NS/c1-2-19-13-7-8-18-9-12(13)10-3-5-11(6-4-10)14(15,16)17/h3-9H,2H2,1H3. The molecule has 0 aliphatic rings. The van der Waals surface area contributed by atoms with Crippen molar-refractivity contribution in [1.29, 1.82) is 0 Å². The van der Waals surface area contributed by atoms with Crippen molar-refractivity contribution in [3.05, 3.63) is 48.3 Å². The molecule has 0 bridgehead atoms. The molecule has 2 rings (SSSR count). The van der Waals surface area contributed by atoms with E-state index in [0.29, 0.717) is 0 Å². The van der Waals surface area contributed by atoms with Gasteiger partial charge in [0.1, 0.15) is 0 Å². The monoisotopic (exact) mass is 283 g/mol. The fourth-order valence-corrected chi connectivity index (χ4v) is 2.51. The first-order valence-electron chi connectivity index (χ1n) is 5.77. The van der Waals surface area contributed by atoms with Crippen LogP contribution < -0.4 is 0 Å². The number of rotatable bonds is 3. The van der Waals surface area contributed by atoms with Gasteiger partial charge in [0.2, 0.25) is 0 Å². The number of nitrogens with zero attached hydrogens (tertiary/aromatic N) is 1. The molecule has 0 atom stereocenters. The number of alkyl halides is 3. The number of thioether (sulfide) groups is 1. The van der Waals surface area contributed by atoms with Crippen molar-refractivity contribution in [2.24, 2.45) is 0 Å². The Balaban J connectivity index is 2.37. The summed E-state index contributed by atoms with van der Waals surface area (Å²) in [6.07, 6.45) is -0.930. The highest BCUT2D eigenvalue weighted by Gasteiger charge is 2.30. The zero-order valence-corrected chi connectivity index (χ0v) is 11.1. The molecule has 1 aromatic heterocycles. The van der Waals surface area contributed by atoms with Gasteiger partial charge in [-0.3, -0.25) is 4.98 Å². The van der Waals surface area contributed by atoms with Crippen LogP contribution in [-0.4, -0.2) is 10.7 Å². The molecule has 0 aliphatic carbocycles. The maximum absolute atomic E-state index is 12.5. The Morgan fingerprint density at radius 2 is 1.79 bits per heavy atom. The SMILES string of the molecule is CCSc1ccncc1-c1ccc(C(F)(F)F)cc1. The van der Waals surface area contributed by atoms with E-state index in [0.717, 1.165) is 33.9 Å². The van der Waals surface area contributed by atoms with E-state index in [1.165, 1.54) is 12.1 Å². The summed E-state index contributed by atoms with van der Waals surface area (Å²) >= 11 is 1.64. The molecule has 19 heavy (non-hydrogen) atoms. The van der Waals surface area contributed by atoms with Crippen molar-refractivity contribution in [3.63, 3.8) is 0 Å². The summed E-state index contributed by atoms with van der Waals surface area (Å²) in [7, 11) is 0. The minimum atomic E-state index is -4.30. The average molecular weight is 283 g/mol. The molecule has 1 nitrogen and oxygen atoms in total. The quantitative estimate of drug-likeness (QED) is 0.745. The Morgan fingerprint density at radius 1 is 1.11 bits per heavy atom. The molecule has 5 heteroatoms. The Morgan fingerprint density at radius 3 is 2.37 bits per heavy atom. The molecule has 0 amide bonds. The number of aromatic nitrogens is 1. The van der Waals surface area contributed by atoms with Crippen molar-refractivity contribution in [2.75, 3.05) is 5.75 Å². The molecule has 100 valence electrons. The lowest BCUT2D eigenvalue weighted by molar-refractivity contribution is -0.137. The minimum Gasteiger partial charge on any atom is -0.264 e. The van der Waals surface area contributed by atoms with Gasteiger partial charge in [0.05, 0.1) is 5.56 Å². The fourth-order valence-electron chi connectivity index (χ4n) is 1.72. The maximum atomic E-state index is 12.5. The van der Waals surface area contributed by atoms with Crippen LogP contribution in [0.1, 0.15) is 12.5 Å². The van der Waals surface area contributed by atoms with E-state index in [2.05, 4.69) is 4.98 Å². The second-order valence-corrected chi connectivity index (χ2v) is 5.19. The molecule has 0 saturated heterocycles. The molecule has 1 aromatic carbocycles. The van der Waals surface area contributed by atoms with E-state index in [-0.39, 0.29) is 0 Å². The zero-order chi connectivity index (χ0) is 13.9. The third-order valence-corrected chi connectivity index (χ3v) is 3.56. The Hall–Kier alpha value is -1.49. The van der Waals surface area contributed by atoms with Crippen LogP contribution in [0.15, 0.2) is 47.6 Å². The van der Waals surface area contributed by atoms with Crippen molar-refractivity contribution < 1.29 is 13.2 Å². The van der Waals surface area contributed by atoms with Crippen LogP contribution in [0.3, 0.4) is 0 Å². The second-order valence-electron chi connectivity index (χ2n) is 3.88. The average Bonchev–Trinajstić information content (AvgIpc) is 2.39. The number of hydrogen-bond donors (Lipinski definition) is 0. The fraction of sp³-hybridized carbons (Fsp3) is 0.214. The largest absolute Gasteiger partial charge is 0.416 e. The zero-order valence-electron chi connectivity index (χ0n) is 10.2. The first-order chi connectivity index (χ1) is 9.02. The molecule has 0 unspecified atom stereocenters. The summed E-state index contributed by atoms with van der Waals surface area (Å²) < 4.78 is 37.5. The molecular formula is C14H12F3NS. The summed E-state index contributed by atoms with van der Waals surface area (Å²) in [5, 5.41) is 0. The molecule has 0 radical (unpaired) electrons. The molecule has 0 N–H and O–H groups in total. The highest BCUT2D eigenvalue weighted by atomic mass is 32.2. The van der Waals surface area contributed by atoms with Crippen LogP contribution in [0.4, 0.5) is 13.2 Å². The van der Waals surface area contributed by atoms with Gasteiger partial charge in [-0.1, -0.05) is 19.1 Å². The molecule has 0 saturated carbocycles. The summed E-state index contributed by atoms with van der Waals surface area (Å²) in [5.74, 6) is 0.900. The van der Waals surface area contributed by atoms with E-state index in [4.69, 9.17) is 0 Å². The molecular weight excluding hydrogens is 271 g/mol. The Kier molecular flexibility index (Phi) is 4.14. The number of halogens is 3. The van der Waals surface area contributed by atoms with E-state index in [9.17, 15) is 13.2 Å². The van der Waals surface area contributed by atoms with Gasteiger partial charge < -0.3 is 0 Å². The number of benzene rings is 1. The lowest BCUT2D eigenvalue weighted by Crippen LogP contribution is -2.04. The lowest BCUT2D eigenvalue weighted by Gasteiger charge is -2.10. The third kappa shape index (κ3) is 3.29. The van der Waals surface area contributed by atoms with Gasteiger partial charge in [0.25, 0.3) is 0 Å². The van der Waals surface area contributed by atoms with Crippen LogP contribution in [0.2, 0.25) is 0 Å². The van der Waals surface area contributed by atoms with Gasteiger partial charge in [0.15, 0.2) is 0 Å². The van der Waals surface area contributed by atoms with E-state index in [1.54, 1.807) is 24.2 Å². The van der Waals surface area contributed by atoms with Crippen LogP contribution in [0, 0.1) is 0 Å². The first kappa shape index (κ1) is 13.9. The summed E-state index contributed by atoms with van der Waals surface area (Å²) in [4.78, 5) is 5.06. The van der Waals surface area contributed by atoms with Crippen LogP contribution in [-0.2, 0) is 6.18 Å². The highest BCUT2D eigenvalue weighted by molar-refractivity contribution is 7.99. The van der Waals surface area contributed by atoms with Crippen molar-refractivity contribution >= 4 is 11.8 Å². The summed E-state index contributed by atoms with van der Waals surface area (Å²) in [5.41, 5.74) is 0.977. The van der Waals surface area contributed by atoms with Crippen LogP contribution in [0.5, 0.6) is 0 Å². The predicted octanol–water partition coefficient (Wildman–Crippen LogP) is 4.88. The van der Waals surface area contributed by atoms with Gasteiger partial charge in [-0.15, -0.1) is 11.8 Å². The molecule has 1 heterocycles.